The maximum absolute atomic E-state index is 13.9. The molecule has 52 heavy (non-hydrogen) atoms. The van der Waals surface area contributed by atoms with Crippen LogP contribution in [0.1, 0.15) is 89.3 Å². The fourth-order valence-corrected chi connectivity index (χ4v) is 12.8. The summed E-state index contributed by atoms with van der Waals surface area (Å²) in [6.45, 7) is 11.3. The Balaban J connectivity index is 0.983. The van der Waals surface area contributed by atoms with Gasteiger partial charge in [0.05, 0.1) is 12.2 Å². The summed E-state index contributed by atoms with van der Waals surface area (Å²) in [5.41, 5.74) is 3.94. The predicted molar refractivity (Wildman–Crippen MR) is 203 cm³/mol. The predicted octanol–water partition coefficient (Wildman–Crippen LogP) is 8.33. The van der Waals surface area contributed by atoms with E-state index in [0.29, 0.717) is 18.4 Å². The maximum atomic E-state index is 13.9. The van der Waals surface area contributed by atoms with Crippen LogP contribution < -0.4 is 4.74 Å². The van der Waals surface area contributed by atoms with E-state index in [0.717, 1.165) is 64.0 Å². The third-order valence-corrected chi connectivity index (χ3v) is 15.7. The number of phenolic OH excluding ortho intramolecular Hbond substituents is 1. The van der Waals surface area contributed by atoms with Crippen LogP contribution in [0.25, 0.3) is 11.1 Å². The molecular formula is C44H55NO6S. The number of nitrogens with zero attached hydrogens (tertiary/aromatic N) is 1. The summed E-state index contributed by atoms with van der Waals surface area (Å²) in [5, 5.41) is 11.3. The van der Waals surface area contributed by atoms with E-state index in [4.69, 9.17) is 17.8 Å². The van der Waals surface area contributed by atoms with Gasteiger partial charge in [-0.05, 0) is 111 Å². The average Bonchev–Trinajstić information content (AvgIpc) is 3.88. The number of hydrogen-bond acceptors (Lipinski definition) is 7. The Morgan fingerprint density at radius 1 is 0.962 bits per heavy atom. The summed E-state index contributed by atoms with van der Waals surface area (Å²) in [4.78, 5) is 2.82. The number of phenols is 1. The van der Waals surface area contributed by atoms with Crippen molar-refractivity contribution >= 4 is 11.4 Å². The van der Waals surface area contributed by atoms with Gasteiger partial charge in [0.25, 0.3) is 0 Å². The zero-order valence-corrected chi connectivity index (χ0v) is 32.3. The molecule has 8 unspecified atom stereocenters. The van der Waals surface area contributed by atoms with Crippen LogP contribution in [0, 0.1) is 22.7 Å². The highest BCUT2D eigenvalue weighted by atomic mass is 32.2. The lowest BCUT2D eigenvalue weighted by atomic mass is 9.33. The van der Waals surface area contributed by atoms with Crippen molar-refractivity contribution < 1.29 is 27.2 Å². The highest BCUT2D eigenvalue weighted by molar-refractivity contribution is 7.75. The molecule has 0 radical (unpaired) electrons. The standard InChI is InChI=1S/C44H55NO6S/c1-40(2,3)41(4,51-52(47)49-25-9-10-29-15-17-32(18-16-29)31-11-7-6-8-12-31)35-27-42-21-22-44(35,48-5)39-43(42)23-24-45(28-30-13-14-30)36(42)26-33-19-20-34(46)38(50-39)37(33)43/h6-8,11-12,15-20,30,35-36,39,46H,9-10,13-14,21-28H2,1-5H3. The minimum absolute atomic E-state index is 0.0733. The van der Waals surface area contributed by atoms with Crippen molar-refractivity contribution in [1.29, 1.82) is 0 Å². The smallest absolute Gasteiger partial charge is 0.305 e. The highest BCUT2D eigenvalue weighted by Crippen LogP contribution is 2.78. The fraction of sp³-hybridized carbons (Fsp3) is 0.591. The Bertz CT molecular complexity index is 1860. The average molecular weight is 726 g/mol. The first-order chi connectivity index (χ1) is 25.0. The molecule has 2 spiro atoms. The summed E-state index contributed by atoms with van der Waals surface area (Å²) >= 11 is -1.96. The maximum Gasteiger partial charge on any atom is 0.305 e. The summed E-state index contributed by atoms with van der Waals surface area (Å²) in [5.74, 6) is 1.59. The zero-order valence-electron chi connectivity index (χ0n) is 31.5. The molecule has 1 N–H and O–H groups in total. The second-order valence-electron chi connectivity index (χ2n) is 18.0. The van der Waals surface area contributed by atoms with E-state index in [1.165, 1.54) is 40.7 Å². The zero-order chi connectivity index (χ0) is 36.1. The van der Waals surface area contributed by atoms with Crippen LogP contribution >= 0.6 is 0 Å². The number of hydrogen-bond donors (Lipinski definition) is 1. The van der Waals surface area contributed by atoms with Gasteiger partial charge in [0.1, 0.15) is 11.7 Å². The van der Waals surface area contributed by atoms with E-state index in [9.17, 15) is 9.32 Å². The number of likely N-dealkylation sites (tertiary alicyclic amines) is 1. The topological polar surface area (TPSA) is 77.5 Å². The van der Waals surface area contributed by atoms with Crippen molar-refractivity contribution in [3.8, 4) is 22.6 Å². The van der Waals surface area contributed by atoms with Gasteiger partial charge in [-0.1, -0.05) is 81.4 Å². The van der Waals surface area contributed by atoms with Crippen molar-refractivity contribution in [3.05, 3.63) is 83.4 Å². The SMILES string of the molecule is COC12CCC3(CC1C(C)(OS(=O)OCCCc1ccc(-c4ccccc4)cc1)C(C)(C)C)C1Cc4ccc(O)c5c4C3(CCN1CC1CC1)C2O5. The quantitative estimate of drug-likeness (QED) is 0.188. The van der Waals surface area contributed by atoms with Gasteiger partial charge >= 0.3 is 11.4 Å². The first kappa shape index (κ1) is 35.0. The lowest BCUT2D eigenvalue weighted by molar-refractivity contribution is -0.308. The molecule has 8 atom stereocenters. The highest BCUT2D eigenvalue weighted by Gasteiger charge is 2.82. The fourth-order valence-electron chi connectivity index (χ4n) is 11.8. The first-order valence-corrected chi connectivity index (χ1v) is 20.7. The van der Waals surface area contributed by atoms with Crippen molar-refractivity contribution in [3.63, 3.8) is 0 Å². The Hall–Kier alpha value is -2.75. The molecule has 0 aromatic heterocycles. The molecule has 3 aromatic carbocycles. The molecule has 0 amide bonds. The molecular weight excluding hydrogens is 671 g/mol. The van der Waals surface area contributed by atoms with Gasteiger partial charge in [-0.3, -0.25) is 13.3 Å². The summed E-state index contributed by atoms with van der Waals surface area (Å²) in [7, 11) is 1.83. The molecule has 3 aromatic rings. The Morgan fingerprint density at radius 3 is 2.42 bits per heavy atom. The number of methoxy groups -OCH3 is 1. The second-order valence-corrected chi connectivity index (χ2v) is 18.8. The molecule has 2 aliphatic heterocycles. The van der Waals surface area contributed by atoms with E-state index >= 15 is 0 Å². The number of ether oxygens (including phenoxy) is 2. The molecule has 4 saturated carbocycles. The van der Waals surface area contributed by atoms with Crippen LogP contribution in [-0.4, -0.2) is 64.4 Å². The van der Waals surface area contributed by atoms with Crippen molar-refractivity contribution in [2.75, 3.05) is 26.8 Å². The van der Waals surface area contributed by atoms with Gasteiger partial charge in [0.15, 0.2) is 11.5 Å². The lowest BCUT2D eigenvalue weighted by Crippen LogP contribution is -2.83. The van der Waals surface area contributed by atoms with Crippen LogP contribution in [0.5, 0.6) is 11.5 Å². The number of aryl methyl sites for hydroxylation is 1. The van der Waals surface area contributed by atoms with Crippen LogP contribution in [0.3, 0.4) is 0 Å². The van der Waals surface area contributed by atoms with Crippen LogP contribution in [0.4, 0.5) is 0 Å². The molecule has 8 heteroatoms. The summed E-state index contributed by atoms with van der Waals surface area (Å²) in [6.07, 6.45) is 8.71. The molecule has 1 saturated heterocycles. The van der Waals surface area contributed by atoms with Gasteiger partial charge in [0.2, 0.25) is 0 Å². The minimum atomic E-state index is -1.96. The van der Waals surface area contributed by atoms with Crippen molar-refractivity contribution in [1.82, 2.24) is 4.90 Å². The van der Waals surface area contributed by atoms with Crippen LogP contribution in [0.15, 0.2) is 66.7 Å². The number of rotatable bonds is 12. The lowest BCUT2D eigenvalue weighted by Gasteiger charge is -2.75. The molecule has 7 nitrogen and oxygen atoms in total. The Kier molecular flexibility index (Phi) is 8.33. The van der Waals surface area contributed by atoms with Crippen molar-refractivity contribution in [2.45, 2.75) is 114 Å². The first-order valence-electron chi connectivity index (χ1n) is 19.7. The molecule has 278 valence electrons. The number of benzene rings is 3. The Labute approximate surface area is 312 Å². The molecule has 5 fully saturated rings. The van der Waals surface area contributed by atoms with Gasteiger partial charge in [-0.25, -0.2) is 0 Å². The largest absolute Gasteiger partial charge is 0.504 e. The van der Waals surface area contributed by atoms with Gasteiger partial charge < -0.3 is 14.6 Å². The molecule has 5 aliphatic carbocycles. The third kappa shape index (κ3) is 4.99. The molecule has 4 bridgehead atoms. The number of piperidine rings is 1. The van der Waals surface area contributed by atoms with Gasteiger partial charge in [-0.2, -0.15) is 4.21 Å². The number of aromatic hydroxyl groups is 1. The van der Waals surface area contributed by atoms with E-state index < -0.39 is 28.0 Å². The van der Waals surface area contributed by atoms with Crippen molar-refractivity contribution in [2.24, 2.45) is 22.7 Å². The minimum Gasteiger partial charge on any atom is -0.504 e. The molecule has 7 aliphatic rings. The van der Waals surface area contributed by atoms with E-state index in [-0.39, 0.29) is 28.6 Å². The Morgan fingerprint density at radius 2 is 1.71 bits per heavy atom. The molecule has 10 rings (SSSR count). The molecule has 2 heterocycles. The van der Waals surface area contributed by atoms with E-state index in [1.54, 1.807) is 0 Å². The monoisotopic (exact) mass is 725 g/mol. The van der Waals surface area contributed by atoms with Gasteiger partial charge in [0, 0.05) is 42.0 Å². The number of fused-ring (bicyclic) bond motifs is 2. The van der Waals surface area contributed by atoms with E-state index in [1.807, 2.05) is 19.2 Å². The summed E-state index contributed by atoms with van der Waals surface area (Å²) < 4.78 is 40.6. The van der Waals surface area contributed by atoms with Crippen LogP contribution in [-0.2, 0) is 42.7 Å². The van der Waals surface area contributed by atoms with E-state index in [2.05, 4.69) is 87.2 Å². The third-order valence-electron chi connectivity index (χ3n) is 14.9. The van der Waals surface area contributed by atoms with Crippen LogP contribution in [0.2, 0.25) is 0 Å². The normalized spacial score (nSPS) is 33.3. The summed E-state index contributed by atoms with van der Waals surface area (Å²) in [6, 6.07) is 23.4. The second kappa shape index (κ2) is 12.4. The van der Waals surface area contributed by atoms with Gasteiger partial charge in [-0.15, -0.1) is 0 Å².